The zero-order valence-electron chi connectivity index (χ0n) is 10.9. The lowest BCUT2D eigenvalue weighted by atomic mass is 10.0. The standard InChI is InChI=1S/C16H17ClO2/c1-18-14-7-6-11-9-13(5-4-12(11)10-14)16(17)15-3-2-8-19-15/h4-7,9-10,15-16H,2-3,8H2,1H3. The molecule has 19 heavy (non-hydrogen) atoms. The van der Waals surface area contributed by atoms with Crippen molar-refractivity contribution in [1.82, 2.24) is 0 Å². The van der Waals surface area contributed by atoms with Gasteiger partial charge in [-0.15, -0.1) is 11.6 Å². The minimum absolute atomic E-state index is 0.0611. The molecule has 3 rings (SSSR count). The van der Waals surface area contributed by atoms with Gasteiger partial charge in [0.25, 0.3) is 0 Å². The fraction of sp³-hybridized carbons (Fsp3) is 0.375. The molecule has 0 spiro atoms. The molecule has 0 aromatic heterocycles. The third-order valence-electron chi connectivity index (χ3n) is 3.68. The van der Waals surface area contributed by atoms with Crippen LogP contribution in [0.4, 0.5) is 0 Å². The number of halogens is 1. The van der Waals surface area contributed by atoms with Crippen LogP contribution in [-0.4, -0.2) is 19.8 Å². The van der Waals surface area contributed by atoms with Crippen molar-refractivity contribution in [3.05, 3.63) is 42.0 Å². The van der Waals surface area contributed by atoms with Gasteiger partial charge in [-0.2, -0.15) is 0 Å². The van der Waals surface area contributed by atoms with Crippen LogP contribution >= 0.6 is 11.6 Å². The first kappa shape index (κ1) is 12.8. The Morgan fingerprint density at radius 3 is 2.74 bits per heavy atom. The van der Waals surface area contributed by atoms with Crippen molar-refractivity contribution in [2.45, 2.75) is 24.3 Å². The molecule has 1 aliphatic rings. The third-order valence-corrected chi connectivity index (χ3v) is 4.21. The van der Waals surface area contributed by atoms with Crippen LogP contribution in [0.1, 0.15) is 23.8 Å². The van der Waals surface area contributed by atoms with Gasteiger partial charge in [0.15, 0.2) is 0 Å². The van der Waals surface area contributed by atoms with E-state index < -0.39 is 0 Å². The van der Waals surface area contributed by atoms with E-state index in [1.165, 1.54) is 10.8 Å². The fourth-order valence-corrected chi connectivity index (χ4v) is 2.92. The largest absolute Gasteiger partial charge is 0.497 e. The average Bonchev–Trinajstić information content (AvgIpc) is 2.99. The van der Waals surface area contributed by atoms with Crippen LogP contribution in [0, 0.1) is 0 Å². The van der Waals surface area contributed by atoms with Crippen LogP contribution < -0.4 is 4.74 Å². The van der Waals surface area contributed by atoms with Crippen molar-refractivity contribution < 1.29 is 9.47 Å². The van der Waals surface area contributed by atoms with Gasteiger partial charge in [-0.3, -0.25) is 0 Å². The van der Waals surface area contributed by atoms with E-state index in [9.17, 15) is 0 Å². The molecule has 1 heterocycles. The van der Waals surface area contributed by atoms with Gasteiger partial charge in [0.1, 0.15) is 5.75 Å². The van der Waals surface area contributed by atoms with E-state index >= 15 is 0 Å². The van der Waals surface area contributed by atoms with Crippen LogP contribution in [0.5, 0.6) is 5.75 Å². The quantitative estimate of drug-likeness (QED) is 0.778. The Hall–Kier alpha value is -1.25. The predicted octanol–water partition coefficient (Wildman–Crippen LogP) is 4.31. The summed E-state index contributed by atoms with van der Waals surface area (Å²) in [6, 6.07) is 12.4. The first-order valence-corrected chi connectivity index (χ1v) is 7.05. The maximum Gasteiger partial charge on any atom is 0.119 e. The molecule has 0 radical (unpaired) electrons. The van der Waals surface area contributed by atoms with Crippen molar-refractivity contribution >= 4 is 22.4 Å². The lowest BCUT2D eigenvalue weighted by Crippen LogP contribution is -2.12. The summed E-state index contributed by atoms with van der Waals surface area (Å²) in [5.74, 6) is 0.877. The highest BCUT2D eigenvalue weighted by Crippen LogP contribution is 2.34. The van der Waals surface area contributed by atoms with E-state index in [1.54, 1.807) is 7.11 Å². The molecule has 2 aromatic rings. The number of ether oxygens (including phenoxy) is 2. The van der Waals surface area contributed by atoms with Crippen molar-refractivity contribution in [1.29, 1.82) is 0 Å². The highest BCUT2D eigenvalue weighted by Gasteiger charge is 2.25. The van der Waals surface area contributed by atoms with Crippen LogP contribution in [0.3, 0.4) is 0 Å². The van der Waals surface area contributed by atoms with Crippen molar-refractivity contribution in [2.75, 3.05) is 13.7 Å². The Morgan fingerprint density at radius 1 is 1.21 bits per heavy atom. The molecule has 0 saturated carbocycles. The van der Waals surface area contributed by atoms with E-state index in [4.69, 9.17) is 21.1 Å². The normalized spacial score (nSPS) is 20.6. The van der Waals surface area contributed by atoms with Gasteiger partial charge in [-0.1, -0.05) is 18.2 Å². The van der Waals surface area contributed by atoms with Gasteiger partial charge < -0.3 is 9.47 Å². The maximum absolute atomic E-state index is 6.52. The molecule has 1 saturated heterocycles. The Morgan fingerprint density at radius 2 is 2.00 bits per heavy atom. The zero-order valence-corrected chi connectivity index (χ0v) is 11.7. The van der Waals surface area contributed by atoms with Gasteiger partial charge in [0, 0.05) is 6.61 Å². The van der Waals surface area contributed by atoms with Gasteiger partial charge in [-0.25, -0.2) is 0 Å². The Balaban J connectivity index is 1.92. The van der Waals surface area contributed by atoms with Gasteiger partial charge >= 0.3 is 0 Å². The van der Waals surface area contributed by atoms with Crippen LogP contribution in [0.25, 0.3) is 10.8 Å². The topological polar surface area (TPSA) is 18.5 Å². The number of benzene rings is 2. The van der Waals surface area contributed by atoms with Crippen molar-refractivity contribution in [3.63, 3.8) is 0 Å². The molecule has 2 atom stereocenters. The highest BCUT2D eigenvalue weighted by atomic mass is 35.5. The van der Waals surface area contributed by atoms with E-state index in [1.807, 2.05) is 12.1 Å². The zero-order chi connectivity index (χ0) is 13.2. The highest BCUT2D eigenvalue weighted by molar-refractivity contribution is 6.21. The second kappa shape index (κ2) is 5.40. The van der Waals surface area contributed by atoms with Gasteiger partial charge in [0.05, 0.1) is 18.6 Å². The molecule has 3 heteroatoms. The molecule has 0 aliphatic carbocycles. The summed E-state index contributed by atoms with van der Waals surface area (Å²) in [6.45, 7) is 0.832. The monoisotopic (exact) mass is 276 g/mol. The second-order valence-electron chi connectivity index (χ2n) is 4.93. The smallest absolute Gasteiger partial charge is 0.119 e. The Labute approximate surface area is 118 Å². The number of hydrogen-bond donors (Lipinski definition) is 0. The lowest BCUT2D eigenvalue weighted by molar-refractivity contribution is 0.107. The molecule has 0 bridgehead atoms. The summed E-state index contributed by atoms with van der Waals surface area (Å²) in [6.07, 6.45) is 2.31. The Kier molecular flexibility index (Phi) is 3.63. The summed E-state index contributed by atoms with van der Waals surface area (Å²) < 4.78 is 10.9. The summed E-state index contributed by atoms with van der Waals surface area (Å²) in [4.78, 5) is 0. The molecule has 0 N–H and O–H groups in total. The van der Waals surface area contributed by atoms with Crippen LogP contribution in [0.2, 0.25) is 0 Å². The third kappa shape index (κ3) is 2.56. The number of hydrogen-bond acceptors (Lipinski definition) is 2. The molecule has 100 valence electrons. The fourth-order valence-electron chi connectivity index (χ4n) is 2.59. The first-order chi connectivity index (χ1) is 9.28. The molecular weight excluding hydrogens is 260 g/mol. The number of rotatable bonds is 3. The molecule has 1 fully saturated rings. The van der Waals surface area contributed by atoms with Crippen molar-refractivity contribution in [3.8, 4) is 5.75 Å². The molecule has 1 aliphatic heterocycles. The SMILES string of the molecule is COc1ccc2cc(C(Cl)C3CCCO3)ccc2c1. The van der Waals surface area contributed by atoms with Gasteiger partial charge in [0.2, 0.25) is 0 Å². The number of methoxy groups -OCH3 is 1. The van der Waals surface area contributed by atoms with E-state index in [2.05, 4.69) is 24.3 Å². The van der Waals surface area contributed by atoms with Crippen LogP contribution in [-0.2, 0) is 4.74 Å². The minimum Gasteiger partial charge on any atom is -0.497 e. The summed E-state index contributed by atoms with van der Waals surface area (Å²) in [5.41, 5.74) is 1.13. The first-order valence-electron chi connectivity index (χ1n) is 6.61. The predicted molar refractivity (Wildman–Crippen MR) is 78.1 cm³/mol. The summed E-state index contributed by atoms with van der Waals surface area (Å²) >= 11 is 6.52. The molecule has 2 nitrogen and oxygen atoms in total. The summed E-state index contributed by atoms with van der Waals surface area (Å²) in [5, 5.41) is 2.29. The lowest BCUT2D eigenvalue weighted by Gasteiger charge is -2.17. The number of alkyl halides is 1. The molecule has 2 unspecified atom stereocenters. The molecular formula is C16H17ClO2. The second-order valence-corrected chi connectivity index (χ2v) is 5.40. The molecule has 0 amide bonds. The van der Waals surface area contributed by atoms with E-state index in [0.29, 0.717) is 0 Å². The average molecular weight is 277 g/mol. The van der Waals surface area contributed by atoms with E-state index in [0.717, 1.165) is 30.8 Å². The minimum atomic E-state index is -0.0611. The number of fused-ring (bicyclic) bond motifs is 1. The molecule has 2 aromatic carbocycles. The maximum atomic E-state index is 6.52. The van der Waals surface area contributed by atoms with Crippen LogP contribution in [0.15, 0.2) is 36.4 Å². The van der Waals surface area contributed by atoms with Gasteiger partial charge in [-0.05, 0) is 47.4 Å². The van der Waals surface area contributed by atoms with E-state index in [-0.39, 0.29) is 11.5 Å². The Bertz CT molecular complexity index is 576. The van der Waals surface area contributed by atoms with Crippen molar-refractivity contribution in [2.24, 2.45) is 0 Å². The summed E-state index contributed by atoms with van der Waals surface area (Å²) in [7, 11) is 1.68.